The Kier molecular flexibility index (Phi) is 5.42. The zero-order chi connectivity index (χ0) is 12.8. The van der Waals surface area contributed by atoms with Gasteiger partial charge in [-0.1, -0.05) is 19.1 Å². The van der Waals surface area contributed by atoms with Crippen molar-refractivity contribution in [3.8, 4) is 0 Å². The predicted molar refractivity (Wildman–Crippen MR) is 71.9 cm³/mol. The van der Waals surface area contributed by atoms with E-state index in [1.54, 1.807) is 6.07 Å². The highest BCUT2D eigenvalue weighted by Crippen LogP contribution is 2.25. The van der Waals surface area contributed by atoms with Gasteiger partial charge in [-0.05, 0) is 38.4 Å². The summed E-state index contributed by atoms with van der Waals surface area (Å²) in [6, 6.07) is 5.57. The largest absolute Gasteiger partial charge is 0.370 e. The third-order valence-electron chi connectivity index (χ3n) is 2.94. The summed E-state index contributed by atoms with van der Waals surface area (Å²) in [5.41, 5.74) is 1.74. The molecule has 1 rings (SSSR count). The molecule has 0 aliphatic heterocycles. The molecule has 1 aromatic rings. The van der Waals surface area contributed by atoms with Crippen molar-refractivity contribution >= 4 is 5.69 Å². The van der Waals surface area contributed by atoms with E-state index in [1.807, 2.05) is 18.0 Å². The molecule has 0 aliphatic carbocycles. The maximum absolute atomic E-state index is 13.9. The highest BCUT2D eigenvalue weighted by molar-refractivity contribution is 5.54. The minimum absolute atomic E-state index is 0.142. The Hall–Kier alpha value is -1.09. The van der Waals surface area contributed by atoms with Gasteiger partial charge in [0.2, 0.25) is 0 Å². The minimum Gasteiger partial charge on any atom is -0.370 e. The van der Waals surface area contributed by atoms with Crippen LogP contribution in [0.1, 0.15) is 32.8 Å². The summed E-state index contributed by atoms with van der Waals surface area (Å²) in [6.45, 7) is 7.93. The van der Waals surface area contributed by atoms with E-state index in [-0.39, 0.29) is 11.9 Å². The normalized spacial score (nSPS) is 10.9. The Labute approximate surface area is 104 Å². The lowest BCUT2D eigenvalue weighted by atomic mass is 10.1. The van der Waals surface area contributed by atoms with Crippen molar-refractivity contribution in [2.45, 2.75) is 39.8 Å². The molecule has 0 fully saturated rings. The van der Waals surface area contributed by atoms with Crippen molar-refractivity contribution in [2.75, 3.05) is 18.5 Å². The monoisotopic (exact) mass is 238 g/mol. The molecule has 0 saturated carbocycles. The van der Waals surface area contributed by atoms with Gasteiger partial charge in [-0.2, -0.15) is 0 Å². The van der Waals surface area contributed by atoms with Crippen molar-refractivity contribution in [3.05, 3.63) is 29.6 Å². The molecule has 0 radical (unpaired) electrons. The van der Waals surface area contributed by atoms with Crippen molar-refractivity contribution in [1.82, 2.24) is 5.32 Å². The SMILES string of the molecule is CCCNCc1cccc(F)c1N(C)C(C)C. The van der Waals surface area contributed by atoms with E-state index in [4.69, 9.17) is 0 Å². The molecule has 0 heterocycles. The number of benzene rings is 1. The Morgan fingerprint density at radius 2 is 2.06 bits per heavy atom. The van der Waals surface area contributed by atoms with Crippen LogP contribution in [0.25, 0.3) is 0 Å². The fraction of sp³-hybridized carbons (Fsp3) is 0.571. The number of anilines is 1. The fourth-order valence-electron chi connectivity index (χ4n) is 1.76. The second kappa shape index (κ2) is 6.60. The number of rotatable bonds is 6. The van der Waals surface area contributed by atoms with Gasteiger partial charge in [-0.15, -0.1) is 0 Å². The van der Waals surface area contributed by atoms with Crippen LogP contribution in [0, 0.1) is 5.82 Å². The van der Waals surface area contributed by atoms with Crippen LogP contribution in [0.5, 0.6) is 0 Å². The number of para-hydroxylation sites is 1. The number of nitrogens with one attached hydrogen (secondary N) is 1. The lowest BCUT2D eigenvalue weighted by molar-refractivity contribution is 0.604. The fourth-order valence-corrected chi connectivity index (χ4v) is 1.76. The van der Waals surface area contributed by atoms with Gasteiger partial charge in [0.05, 0.1) is 5.69 Å². The van der Waals surface area contributed by atoms with Gasteiger partial charge in [0, 0.05) is 19.6 Å². The molecular formula is C14H23FN2. The van der Waals surface area contributed by atoms with E-state index < -0.39 is 0 Å². The van der Waals surface area contributed by atoms with Crippen LogP contribution in [-0.4, -0.2) is 19.6 Å². The lowest BCUT2D eigenvalue weighted by Crippen LogP contribution is -2.28. The van der Waals surface area contributed by atoms with Gasteiger partial charge < -0.3 is 10.2 Å². The smallest absolute Gasteiger partial charge is 0.146 e. The van der Waals surface area contributed by atoms with E-state index in [0.717, 1.165) is 25.1 Å². The van der Waals surface area contributed by atoms with Crippen LogP contribution in [0.2, 0.25) is 0 Å². The van der Waals surface area contributed by atoms with E-state index >= 15 is 0 Å². The standard InChI is InChI=1S/C14H23FN2/c1-5-9-16-10-12-7-6-8-13(15)14(12)17(4)11(2)3/h6-8,11,16H,5,9-10H2,1-4H3. The number of hydrogen-bond donors (Lipinski definition) is 1. The number of halogens is 1. The van der Waals surface area contributed by atoms with Crippen LogP contribution in [0.15, 0.2) is 18.2 Å². The molecule has 1 N–H and O–H groups in total. The molecule has 0 aromatic heterocycles. The highest BCUT2D eigenvalue weighted by Gasteiger charge is 2.14. The molecule has 1 aromatic carbocycles. The second-order valence-corrected chi connectivity index (χ2v) is 4.63. The van der Waals surface area contributed by atoms with Gasteiger partial charge in [0.25, 0.3) is 0 Å². The summed E-state index contributed by atoms with van der Waals surface area (Å²) in [5, 5.41) is 3.32. The first-order chi connectivity index (χ1) is 8.07. The van der Waals surface area contributed by atoms with Gasteiger partial charge >= 0.3 is 0 Å². The molecule has 0 atom stereocenters. The second-order valence-electron chi connectivity index (χ2n) is 4.63. The van der Waals surface area contributed by atoms with Crippen LogP contribution < -0.4 is 10.2 Å². The van der Waals surface area contributed by atoms with E-state index in [0.29, 0.717) is 5.69 Å². The quantitative estimate of drug-likeness (QED) is 0.766. The molecule has 0 spiro atoms. The first kappa shape index (κ1) is 14.0. The van der Waals surface area contributed by atoms with Crippen LogP contribution >= 0.6 is 0 Å². The average Bonchev–Trinajstić information content (AvgIpc) is 2.28. The Morgan fingerprint density at radius 1 is 1.35 bits per heavy atom. The van der Waals surface area contributed by atoms with E-state index in [2.05, 4.69) is 26.1 Å². The van der Waals surface area contributed by atoms with Gasteiger partial charge in [-0.25, -0.2) is 4.39 Å². The molecule has 0 amide bonds. The summed E-state index contributed by atoms with van der Waals surface area (Å²) < 4.78 is 13.9. The van der Waals surface area contributed by atoms with Crippen molar-refractivity contribution in [2.24, 2.45) is 0 Å². The number of hydrogen-bond acceptors (Lipinski definition) is 2. The zero-order valence-electron chi connectivity index (χ0n) is 11.3. The zero-order valence-corrected chi connectivity index (χ0v) is 11.3. The average molecular weight is 238 g/mol. The Bertz CT molecular complexity index is 350. The summed E-state index contributed by atoms with van der Waals surface area (Å²) in [4.78, 5) is 1.98. The first-order valence-corrected chi connectivity index (χ1v) is 6.28. The summed E-state index contributed by atoms with van der Waals surface area (Å²) in [5.74, 6) is -0.142. The lowest BCUT2D eigenvalue weighted by Gasteiger charge is -2.27. The molecular weight excluding hydrogens is 215 g/mol. The third-order valence-corrected chi connectivity index (χ3v) is 2.94. The molecule has 17 heavy (non-hydrogen) atoms. The van der Waals surface area contributed by atoms with Crippen molar-refractivity contribution in [3.63, 3.8) is 0 Å². The van der Waals surface area contributed by atoms with Crippen LogP contribution in [0.3, 0.4) is 0 Å². The molecule has 0 unspecified atom stereocenters. The summed E-state index contributed by atoms with van der Waals surface area (Å²) >= 11 is 0. The first-order valence-electron chi connectivity index (χ1n) is 6.28. The highest BCUT2D eigenvalue weighted by atomic mass is 19.1. The van der Waals surface area contributed by atoms with E-state index in [1.165, 1.54) is 6.07 Å². The maximum atomic E-state index is 13.9. The van der Waals surface area contributed by atoms with Crippen molar-refractivity contribution < 1.29 is 4.39 Å². The predicted octanol–water partition coefficient (Wildman–Crippen LogP) is 3.17. The van der Waals surface area contributed by atoms with Crippen LogP contribution in [0.4, 0.5) is 10.1 Å². The van der Waals surface area contributed by atoms with Crippen LogP contribution in [-0.2, 0) is 6.54 Å². The van der Waals surface area contributed by atoms with Gasteiger partial charge in [0.15, 0.2) is 0 Å². The summed E-state index contributed by atoms with van der Waals surface area (Å²) in [6.07, 6.45) is 1.09. The number of nitrogens with zero attached hydrogens (tertiary/aromatic N) is 1. The molecule has 96 valence electrons. The maximum Gasteiger partial charge on any atom is 0.146 e. The molecule has 0 bridgehead atoms. The minimum atomic E-state index is -0.142. The topological polar surface area (TPSA) is 15.3 Å². The Balaban J connectivity index is 2.91. The Morgan fingerprint density at radius 3 is 2.65 bits per heavy atom. The molecule has 0 aliphatic rings. The van der Waals surface area contributed by atoms with Crippen molar-refractivity contribution in [1.29, 1.82) is 0 Å². The summed E-state index contributed by atoms with van der Waals surface area (Å²) in [7, 11) is 1.94. The third kappa shape index (κ3) is 3.70. The molecule has 0 saturated heterocycles. The van der Waals surface area contributed by atoms with E-state index in [9.17, 15) is 4.39 Å². The van der Waals surface area contributed by atoms with Gasteiger partial charge in [0.1, 0.15) is 5.82 Å². The van der Waals surface area contributed by atoms with Gasteiger partial charge in [-0.3, -0.25) is 0 Å². The molecule has 3 heteroatoms. The molecule has 2 nitrogen and oxygen atoms in total.